The number of benzene rings is 1. The SMILES string of the molecule is CCOC(=O)C(F)C(O)c1ccc(OC)c(C)c1. The number of ether oxygens (including phenoxy) is 2. The van der Waals surface area contributed by atoms with E-state index >= 15 is 0 Å². The normalized spacial score (nSPS) is 13.8. The number of halogens is 1. The Bertz CT molecular complexity index is 419. The average molecular weight is 256 g/mol. The van der Waals surface area contributed by atoms with E-state index in [4.69, 9.17) is 4.74 Å². The Morgan fingerprint density at radius 2 is 2.17 bits per heavy atom. The van der Waals surface area contributed by atoms with E-state index in [9.17, 15) is 14.3 Å². The maximum Gasteiger partial charge on any atom is 0.343 e. The number of carbonyl (C=O) groups excluding carboxylic acids is 1. The highest BCUT2D eigenvalue weighted by atomic mass is 19.1. The summed E-state index contributed by atoms with van der Waals surface area (Å²) >= 11 is 0. The monoisotopic (exact) mass is 256 g/mol. The van der Waals surface area contributed by atoms with Crippen molar-refractivity contribution in [3.05, 3.63) is 29.3 Å². The maximum absolute atomic E-state index is 13.6. The first-order valence-corrected chi connectivity index (χ1v) is 5.64. The molecule has 2 unspecified atom stereocenters. The van der Waals surface area contributed by atoms with Crippen LogP contribution < -0.4 is 4.74 Å². The highest BCUT2D eigenvalue weighted by molar-refractivity contribution is 5.75. The third kappa shape index (κ3) is 3.20. The predicted octanol–water partition coefficient (Wildman–Crippen LogP) is 1.94. The van der Waals surface area contributed by atoms with Crippen molar-refractivity contribution in [3.8, 4) is 5.75 Å². The van der Waals surface area contributed by atoms with E-state index in [0.717, 1.165) is 5.56 Å². The Morgan fingerprint density at radius 3 is 2.67 bits per heavy atom. The van der Waals surface area contributed by atoms with Gasteiger partial charge in [0.15, 0.2) is 0 Å². The van der Waals surface area contributed by atoms with E-state index in [1.54, 1.807) is 26.0 Å². The minimum absolute atomic E-state index is 0.0770. The molecule has 4 nitrogen and oxygen atoms in total. The Labute approximate surface area is 105 Å². The lowest BCUT2D eigenvalue weighted by Crippen LogP contribution is -2.26. The summed E-state index contributed by atoms with van der Waals surface area (Å²) in [7, 11) is 1.52. The number of aryl methyl sites for hydroxylation is 1. The van der Waals surface area contributed by atoms with Crippen LogP contribution in [0, 0.1) is 6.92 Å². The van der Waals surface area contributed by atoms with Crippen LogP contribution in [-0.2, 0) is 9.53 Å². The molecular formula is C13H17FO4. The fourth-order valence-electron chi connectivity index (χ4n) is 1.61. The highest BCUT2D eigenvalue weighted by Crippen LogP contribution is 2.25. The number of aliphatic hydroxyl groups excluding tert-OH is 1. The summed E-state index contributed by atoms with van der Waals surface area (Å²) in [5.74, 6) is -0.420. The second-order valence-corrected chi connectivity index (χ2v) is 3.83. The molecule has 0 spiro atoms. The molecule has 0 bridgehead atoms. The summed E-state index contributed by atoms with van der Waals surface area (Å²) < 4.78 is 23.2. The van der Waals surface area contributed by atoms with Crippen LogP contribution in [0.2, 0.25) is 0 Å². The molecule has 100 valence electrons. The predicted molar refractivity (Wildman–Crippen MR) is 64.2 cm³/mol. The van der Waals surface area contributed by atoms with Crippen LogP contribution in [0.1, 0.15) is 24.2 Å². The van der Waals surface area contributed by atoms with Crippen molar-refractivity contribution in [2.24, 2.45) is 0 Å². The van der Waals surface area contributed by atoms with Gasteiger partial charge in [-0.25, -0.2) is 9.18 Å². The van der Waals surface area contributed by atoms with Crippen molar-refractivity contribution in [1.82, 2.24) is 0 Å². The Morgan fingerprint density at radius 1 is 1.50 bits per heavy atom. The average Bonchev–Trinajstić information content (AvgIpc) is 2.37. The zero-order chi connectivity index (χ0) is 13.7. The maximum atomic E-state index is 13.6. The lowest BCUT2D eigenvalue weighted by Gasteiger charge is -2.16. The summed E-state index contributed by atoms with van der Waals surface area (Å²) in [5, 5.41) is 9.76. The minimum atomic E-state index is -2.09. The van der Waals surface area contributed by atoms with Gasteiger partial charge >= 0.3 is 5.97 Å². The summed E-state index contributed by atoms with van der Waals surface area (Å²) in [4.78, 5) is 11.2. The summed E-state index contributed by atoms with van der Waals surface area (Å²) in [6.07, 6.45) is -3.62. The topological polar surface area (TPSA) is 55.8 Å². The van der Waals surface area contributed by atoms with Crippen LogP contribution in [0.25, 0.3) is 0 Å². The molecule has 0 saturated carbocycles. The van der Waals surface area contributed by atoms with Crippen molar-refractivity contribution in [2.75, 3.05) is 13.7 Å². The minimum Gasteiger partial charge on any atom is -0.496 e. The molecule has 1 aromatic carbocycles. The molecule has 0 aliphatic rings. The van der Waals surface area contributed by atoms with E-state index < -0.39 is 18.2 Å². The van der Waals surface area contributed by atoms with Crippen molar-refractivity contribution in [1.29, 1.82) is 0 Å². The highest BCUT2D eigenvalue weighted by Gasteiger charge is 2.29. The number of methoxy groups -OCH3 is 1. The second-order valence-electron chi connectivity index (χ2n) is 3.83. The third-order valence-electron chi connectivity index (χ3n) is 2.55. The first-order valence-electron chi connectivity index (χ1n) is 5.64. The molecule has 1 N–H and O–H groups in total. The molecule has 0 aliphatic carbocycles. The fraction of sp³-hybridized carbons (Fsp3) is 0.462. The van der Waals surface area contributed by atoms with Gasteiger partial charge in [-0.1, -0.05) is 6.07 Å². The van der Waals surface area contributed by atoms with Gasteiger partial charge in [-0.05, 0) is 37.1 Å². The van der Waals surface area contributed by atoms with Gasteiger partial charge in [0.25, 0.3) is 0 Å². The number of hydrogen-bond acceptors (Lipinski definition) is 4. The zero-order valence-electron chi connectivity index (χ0n) is 10.6. The van der Waals surface area contributed by atoms with E-state index in [-0.39, 0.29) is 6.61 Å². The van der Waals surface area contributed by atoms with Crippen molar-refractivity contribution in [2.45, 2.75) is 26.1 Å². The first-order chi connectivity index (χ1) is 8.51. The van der Waals surface area contributed by atoms with E-state index in [1.165, 1.54) is 13.2 Å². The van der Waals surface area contributed by atoms with Crippen LogP contribution in [0.3, 0.4) is 0 Å². The zero-order valence-corrected chi connectivity index (χ0v) is 10.6. The Kier molecular flexibility index (Phi) is 5.09. The van der Waals surface area contributed by atoms with Crippen LogP contribution in [0.15, 0.2) is 18.2 Å². The number of hydrogen-bond donors (Lipinski definition) is 1. The second kappa shape index (κ2) is 6.35. The molecule has 0 amide bonds. The molecular weight excluding hydrogens is 239 g/mol. The molecule has 2 atom stereocenters. The largest absolute Gasteiger partial charge is 0.496 e. The lowest BCUT2D eigenvalue weighted by molar-refractivity contribution is -0.153. The number of rotatable bonds is 5. The van der Waals surface area contributed by atoms with Crippen LogP contribution in [0.4, 0.5) is 4.39 Å². The third-order valence-corrected chi connectivity index (χ3v) is 2.55. The number of alkyl halides is 1. The summed E-state index contributed by atoms with van der Waals surface area (Å²) in [6.45, 7) is 3.43. The van der Waals surface area contributed by atoms with Gasteiger partial charge in [-0.2, -0.15) is 0 Å². The summed E-state index contributed by atoms with van der Waals surface area (Å²) in [6, 6.07) is 4.71. The molecule has 5 heteroatoms. The molecule has 1 rings (SSSR count). The smallest absolute Gasteiger partial charge is 0.343 e. The Balaban J connectivity index is 2.86. The lowest BCUT2D eigenvalue weighted by atomic mass is 10.0. The van der Waals surface area contributed by atoms with Crippen LogP contribution in [-0.4, -0.2) is 31.0 Å². The molecule has 18 heavy (non-hydrogen) atoms. The number of esters is 1. The van der Waals surface area contributed by atoms with Crippen molar-refractivity contribution in [3.63, 3.8) is 0 Å². The van der Waals surface area contributed by atoms with Gasteiger partial charge in [-0.3, -0.25) is 0 Å². The van der Waals surface area contributed by atoms with Gasteiger partial charge in [-0.15, -0.1) is 0 Å². The van der Waals surface area contributed by atoms with Crippen molar-refractivity contribution >= 4 is 5.97 Å². The molecule has 0 aromatic heterocycles. The van der Waals surface area contributed by atoms with Crippen LogP contribution >= 0.6 is 0 Å². The molecule has 0 radical (unpaired) electrons. The molecule has 1 aromatic rings. The fourth-order valence-corrected chi connectivity index (χ4v) is 1.61. The van der Waals surface area contributed by atoms with Crippen LogP contribution in [0.5, 0.6) is 5.75 Å². The van der Waals surface area contributed by atoms with Gasteiger partial charge in [0.1, 0.15) is 11.9 Å². The van der Waals surface area contributed by atoms with E-state index in [2.05, 4.69) is 4.74 Å². The van der Waals surface area contributed by atoms with E-state index in [1.807, 2.05) is 0 Å². The molecule has 0 fully saturated rings. The van der Waals surface area contributed by atoms with Gasteiger partial charge in [0.2, 0.25) is 6.17 Å². The number of aliphatic hydroxyl groups is 1. The van der Waals surface area contributed by atoms with Gasteiger partial charge in [0, 0.05) is 0 Å². The van der Waals surface area contributed by atoms with Gasteiger partial charge < -0.3 is 14.6 Å². The number of carbonyl (C=O) groups is 1. The standard InChI is InChI=1S/C13H17FO4/c1-4-18-13(16)11(14)12(15)9-5-6-10(17-3)8(2)7-9/h5-7,11-12,15H,4H2,1-3H3. The molecule has 0 heterocycles. The van der Waals surface area contributed by atoms with E-state index in [0.29, 0.717) is 11.3 Å². The summed E-state index contributed by atoms with van der Waals surface area (Å²) in [5.41, 5.74) is 1.07. The Hall–Kier alpha value is -1.62. The molecule has 0 aliphatic heterocycles. The van der Waals surface area contributed by atoms with Crippen molar-refractivity contribution < 1.29 is 23.8 Å². The molecule has 0 saturated heterocycles. The van der Waals surface area contributed by atoms with Gasteiger partial charge in [0.05, 0.1) is 13.7 Å². The first kappa shape index (κ1) is 14.4. The quantitative estimate of drug-likeness (QED) is 0.818.